The molecule has 1 amide bonds. The number of nitrogens with zero attached hydrogens (tertiary/aromatic N) is 3. The lowest BCUT2D eigenvalue weighted by atomic mass is 10.00. The summed E-state index contributed by atoms with van der Waals surface area (Å²) >= 11 is 1.39. The molecule has 0 fully saturated rings. The molecule has 1 atom stereocenters. The Bertz CT molecular complexity index is 935. The lowest BCUT2D eigenvalue weighted by molar-refractivity contribution is -0.119. The van der Waals surface area contributed by atoms with Crippen molar-refractivity contribution in [1.82, 2.24) is 20.1 Å². The number of nitrogens with one attached hydrogen (secondary N) is 1. The molecule has 2 aromatic carbocycles. The molecule has 0 aliphatic heterocycles. The Labute approximate surface area is 176 Å². The van der Waals surface area contributed by atoms with Crippen LogP contribution in [-0.4, -0.2) is 26.4 Å². The molecule has 0 saturated carbocycles. The molecule has 5 nitrogen and oxygen atoms in total. The number of benzene rings is 2. The molecule has 0 aliphatic carbocycles. The summed E-state index contributed by atoms with van der Waals surface area (Å²) in [5.74, 6) is 1.72. The topological polar surface area (TPSA) is 59.8 Å². The Hall–Kier alpha value is -2.60. The minimum atomic E-state index is -0.0319. The normalized spacial score (nSPS) is 12.2. The zero-order valence-electron chi connectivity index (χ0n) is 17.4. The molecule has 0 aliphatic rings. The van der Waals surface area contributed by atoms with Gasteiger partial charge in [-0.2, -0.15) is 0 Å². The standard InChI is InChI=1S/C23H28N4OS/c1-16(2)14-18-10-12-19(13-11-18)17(3)24-21(28)15-29-23-26-25-22(27(23)4)20-8-6-5-7-9-20/h5-13,16-17H,14-15H2,1-4H3,(H,24,28)/t17-/m1/s1. The van der Waals surface area contributed by atoms with Gasteiger partial charge in [-0.05, 0) is 30.4 Å². The molecule has 29 heavy (non-hydrogen) atoms. The maximum atomic E-state index is 12.4. The van der Waals surface area contributed by atoms with Gasteiger partial charge >= 0.3 is 0 Å². The molecule has 0 spiro atoms. The highest BCUT2D eigenvalue weighted by atomic mass is 32.2. The first-order valence-corrected chi connectivity index (χ1v) is 10.9. The number of thioether (sulfide) groups is 1. The van der Waals surface area contributed by atoms with E-state index >= 15 is 0 Å². The van der Waals surface area contributed by atoms with Gasteiger partial charge in [-0.25, -0.2) is 0 Å². The van der Waals surface area contributed by atoms with Crippen LogP contribution in [0, 0.1) is 5.92 Å². The summed E-state index contributed by atoms with van der Waals surface area (Å²) in [5.41, 5.74) is 3.45. The van der Waals surface area contributed by atoms with Crippen molar-refractivity contribution in [2.24, 2.45) is 13.0 Å². The van der Waals surface area contributed by atoms with E-state index in [1.807, 2.05) is 48.9 Å². The average molecular weight is 409 g/mol. The lowest BCUT2D eigenvalue weighted by Gasteiger charge is -2.15. The highest BCUT2D eigenvalue weighted by Gasteiger charge is 2.14. The summed E-state index contributed by atoms with van der Waals surface area (Å²) in [4.78, 5) is 12.4. The Morgan fingerprint density at radius 2 is 1.72 bits per heavy atom. The predicted octanol–water partition coefficient (Wildman–Crippen LogP) is 4.65. The summed E-state index contributed by atoms with van der Waals surface area (Å²) < 4.78 is 1.92. The van der Waals surface area contributed by atoms with Gasteiger partial charge in [0.05, 0.1) is 11.8 Å². The minimum Gasteiger partial charge on any atom is -0.349 e. The van der Waals surface area contributed by atoms with E-state index in [2.05, 4.69) is 53.6 Å². The first kappa shape index (κ1) is 21.1. The first-order valence-electron chi connectivity index (χ1n) is 9.90. The Morgan fingerprint density at radius 1 is 1.03 bits per heavy atom. The molecule has 0 radical (unpaired) electrons. The van der Waals surface area contributed by atoms with Crippen molar-refractivity contribution in [3.8, 4) is 11.4 Å². The number of aromatic nitrogens is 3. The van der Waals surface area contributed by atoms with E-state index in [4.69, 9.17) is 0 Å². The second-order valence-electron chi connectivity index (χ2n) is 7.65. The quantitative estimate of drug-likeness (QED) is 0.551. The van der Waals surface area contributed by atoms with Crippen molar-refractivity contribution >= 4 is 17.7 Å². The van der Waals surface area contributed by atoms with Crippen molar-refractivity contribution in [3.63, 3.8) is 0 Å². The molecule has 3 aromatic rings. The molecular formula is C23H28N4OS. The Balaban J connectivity index is 1.54. The van der Waals surface area contributed by atoms with Gasteiger partial charge in [-0.15, -0.1) is 10.2 Å². The van der Waals surface area contributed by atoms with Crippen LogP contribution in [0.4, 0.5) is 0 Å². The van der Waals surface area contributed by atoms with Gasteiger partial charge in [0, 0.05) is 12.6 Å². The van der Waals surface area contributed by atoms with Crippen LogP contribution in [0.15, 0.2) is 59.8 Å². The number of amides is 1. The second kappa shape index (κ2) is 9.74. The predicted molar refractivity (Wildman–Crippen MR) is 119 cm³/mol. The van der Waals surface area contributed by atoms with Crippen LogP contribution in [-0.2, 0) is 18.3 Å². The minimum absolute atomic E-state index is 0.0157. The van der Waals surface area contributed by atoms with Gasteiger partial charge in [0.2, 0.25) is 5.91 Å². The smallest absolute Gasteiger partial charge is 0.230 e. The third-order valence-corrected chi connectivity index (χ3v) is 5.72. The summed E-state index contributed by atoms with van der Waals surface area (Å²) in [6.07, 6.45) is 1.07. The third-order valence-electron chi connectivity index (χ3n) is 4.70. The first-order chi connectivity index (χ1) is 13.9. The molecule has 0 saturated heterocycles. The lowest BCUT2D eigenvalue weighted by Crippen LogP contribution is -2.28. The molecule has 1 heterocycles. The van der Waals surface area contributed by atoms with E-state index in [0.29, 0.717) is 11.7 Å². The zero-order valence-corrected chi connectivity index (χ0v) is 18.2. The zero-order chi connectivity index (χ0) is 20.8. The number of carbonyl (C=O) groups excluding carboxylic acids is 1. The van der Waals surface area contributed by atoms with Crippen LogP contribution in [0.1, 0.15) is 37.9 Å². The van der Waals surface area contributed by atoms with Gasteiger partial charge in [0.25, 0.3) is 0 Å². The van der Waals surface area contributed by atoms with E-state index in [1.165, 1.54) is 17.3 Å². The molecule has 0 unspecified atom stereocenters. The number of hydrogen-bond acceptors (Lipinski definition) is 4. The third kappa shape index (κ3) is 5.70. The number of rotatable bonds is 8. The number of hydrogen-bond donors (Lipinski definition) is 1. The molecule has 0 bridgehead atoms. The van der Waals surface area contributed by atoms with Gasteiger partial charge in [0.1, 0.15) is 0 Å². The van der Waals surface area contributed by atoms with Gasteiger partial charge < -0.3 is 9.88 Å². The molecular weight excluding hydrogens is 380 g/mol. The van der Waals surface area contributed by atoms with E-state index in [9.17, 15) is 4.79 Å². The summed E-state index contributed by atoms with van der Waals surface area (Å²) in [6.45, 7) is 6.44. The summed E-state index contributed by atoms with van der Waals surface area (Å²) in [5, 5.41) is 12.3. The van der Waals surface area contributed by atoms with E-state index in [1.54, 1.807) is 0 Å². The fraction of sp³-hybridized carbons (Fsp3) is 0.348. The molecule has 1 N–H and O–H groups in total. The van der Waals surface area contributed by atoms with Crippen LogP contribution in [0.5, 0.6) is 0 Å². The van der Waals surface area contributed by atoms with E-state index in [-0.39, 0.29) is 11.9 Å². The van der Waals surface area contributed by atoms with Crippen molar-refractivity contribution in [2.45, 2.75) is 38.4 Å². The SMILES string of the molecule is CC(C)Cc1ccc([C@@H](C)NC(=O)CSc2nnc(-c3ccccc3)n2C)cc1. The Kier molecular flexibility index (Phi) is 7.09. The molecule has 6 heteroatoms. The van der Waals surface area contributed by atoms with Crippen molar-refractivity contribution in [2.75, 3.05) is 5.75 Å². The maximum Gasteiger partial charge on any atom is 0.230 e. The monoisotopic (exact) mass is 408 g/mol. The van der Waals surface area contributed by atoms with Crippen molar-refractivity contribution in [1.29, 1.82) is 0 Å². The maximum absolute atomic E-state index is 12.4. The van der Waals surface area contributed by atoms with Crippen molar-refractivity contribution in [3.05, 3.63) is 65.7 Å². The Morgan fingerprint density at radius 3 is 2.38 bits per heavy atom. The molecule has 152 valence electrons. The van der Waals surface area contributed by atoms with Crippen LogP contribution in [0.25, 0.3) is 11.4 Å². The van der Waals surface area contributed by atoms with Crippen LogP contribution in [0.2, 0.25) is 0 Å². The summed E-state index contributed by atoms with van der Waals surface area (Å²) in [6, 6.07) is 18.4. The van der Waals surface area contributed by atoms with E-state index < -0.39 is 0 Å². The van der Waals surface area contributed by atoms with Gasteiger partial charge in [-0.1, -0.05) is 80.2 Å². The van der Waals surface area contributed by atoms with Crippen molar-refractivity contribution < 1.29 is 4.79 Å². The highest BCUT2D eigenvalue weighted by molar-refractivity contribution is 7.99. The summed E-state index contributed by atoms with van der Waals surface area (Å²) in [7, 11) is 1.92. The average Bonchev–Trinajstić information content (AvgIpc) is 3.07. The van der Waals surface area contributed by atoms with Crippen LogP contribution in [0.3, 0.4) is 0 Å². The second-order valence-corrected chi connectivity index (χ2v) is 8.59. The van der Waals surface area contributed by atoms with Crippen LogP contribution >= 0.6 is 11.8 Å². The fourth-order valence-corrected chi connectivity index (χ4v) is 3.91. The van der Waals surface area contributed by atoms with Gasteiger partial charge in [-0.3, -0.25) is 4.79 Å². The van der Waals surface area contributed by atoms with Gasteiger partial charge in [0.15, 0.2) is 11.0 Å². The largest absolute Gasteiger partial charge is 0.349 e. The fourth-order valence-electron chi connectivity index (χ4n) is 3.19. The van der Waals surface area contributed by atoms with Crippen LogP contribution < -0.4 is 5.32 Å². The van der Waals surface area contributed by atoms with E-state index in [0.717, 1.165) is 28.5 Å². The molecule has 1 aromatic heterocycles. The molecule has 3 rings (SSSR count). The highest BCUT2D eigenvalue weighted by Crippen LogP contribution is 2.22. The number of carbonyl (C=O) groups is 1.